The Morgan fingerprint density at radius 1 is 1.29 bits per heavy atom. The molecule has 2 rings (SSSR count). The minimum absolute atomic E-state index is 0.0966. The average molecular weight is 249 g/mol. The molecule has 0 aliphatic rings. The maximum absolute atomic E-state index is 11.8. The van der Waals surface area contributed by atoms with Gasteiger partial charge in [0.25, 0.3) is 5.91 Å². The fraction of sp³-hybridized carbons (Fsp3) is 0.231. The van der Waals surface area contributed by atoms with Gasteiger partial charge in [-0.15, -0.1) is 0 Å². The van der Waals surface area contributed by atoms with Crippen molar-refractivity contribution in [1.82, 2.24) is 10.3 Å². The molecule has 0 radical (unpaired) electrons. The third-order valence-corrected chi connectivity index (χ3v) is 2.54. The topological polar surface area (TPSA) is 42.0 Å². The molecule has 0 spiro atoms. The van der Waals surface area contributed by atoms with E-state index in [0.717, 1.165) is 10.9 Å². The Balaban J connectivity index is 2.40. The fourth-order valence-corrected chi connectivity index (χ4v) is 1.72. The van der Waals surface area contributed by atoms with E-state index in [-0.39, 0.29) is 11.9 Å². The van der Waals surface area contributed by atoms with Crippen molar-refractivity contribution in [1.29, 1.82) is 0 Å². The summed E-state index contributed by atoms with van der Waals surface area (Å²) in [6.07, 6.45) is 0. The molecule has 0 fully saturated rings. The van der Waals surface area contributed by atoms with Crippen molar-refractivity contribution in [2.45, 2.75) is 19.9 Å². The van der Waals surface area contributed by atoms with E-state index < -0.39 is 0 Å². The molecular weight excluding hydrogens is 236 g/mol. The molecule has 1 aromatic carbocycles. The van der Waals surface area contributed by atoms with Gasteiger partial charge in [0.1, 0.15) is 5.69 Å². The van der Waals surface area contributed by atoms with Crippen LogP contribution in [0, 0.1) is 0 Å². The molecule has 0 unspecified atom stereocenters. The zero-order valence-corrected chi connectivity index (χ0v) is 10.5. The number of halogens is 1. The van der Waals surface area contributed by atoms with Crippen LogP contribution in [0.15, 0.2) is 30.3 Å². The van der Waals surface area contributed by atoms with Gasteiger partial charge in [0.05, 0.1) is 5.52 Å². The predicted octanol–water partition coefficient (Wildman–Crippen LogP) is 3.03. The summed E-state index contributed by atoms with van der Waals surface area (Å²) in [5.41, 5.74) is 1.14. The van der Waals surface area contributed by atoms with Gasteiger partial charge in [-0.05, 0) is 32.0 Å². The van der Waals surface area contributed by atoms with Gasteiger partial charge in [-0.3, -0.25) is 4.79 Å². The van der Waals surface area contributed by atoms with E-state index in [2.05, 4.69) is 10.3 Å². The number of pyridine rings is 1. The zero-order chi connectivity index (χ0) is 12.4. The molecule has 4 heteroatoms. The van der Waals surface area contributed by atoms with Crippen LogP contribution in [0.25, 0.3) is 10.9 Å². The average Bonchev–Trinajstić information content (AvgIpc) is 2.27. The zero-order valence-electron chi connectivity index (χ0n) is 9.70. The van der Waals surface area contributed by atoms with Crippen LogP contribution in [0.4, 0.5) is 0 Å². The van der Waals surface area contributed by atoms with Crippen LogP contribution in [0.2, 0.25) is 5.02 Å². The molecule has 1 heterocycles. The van der Waals surface area contributed by atoms with E-state index in [1.165, 1.54) is 0 Å². The maximum Gasteiger partial charge on any atom is 0.270 e. The van der Waals surface area contributed by atoms with Crippen molar-refractivity contribution in [3.05, 3.63) is 41.0 Å². The van der Waals surface area contributed by atoms with Crippen LogP contribution in [0.3, 0.4) is 0 Å². The Morgan fingerprint density at radius 3 is 2.71 bits per heavy atom. The molecule has 0 bridgehead atoms. The van der Waals surface area contributed by atoms with E-state index in [4.69, 9.17) is 11.6 Å². The fourth-order valence-electron chi connectivity index (χ4n) is 1.55. The number of carbonyl (C=O) groups excluding carboxylic acids is 1. The van der Waals surface area contributed by atoms with Crippen molar-refractivity contribution in [2.75, 3.05) is 0 Å². The summed E-state index contributed by atoms with van der Waals surface area (Å²) in [6, 6.07) is 9.12. The third-order valence-electron chi connectivity index (χ3n) is 2.31. The first-order valence-corrected chi connectivity index (χ1v) is 5.81. The Morgan fingerprint density at radius 2 is 2.00 bits per heavy atom. The number of hydrogen-bond acceptors (Lipinski definition) is 2. The number of nitrogens with zero attached hydrogens (tertiary/aromatic N) is 1. The summed E-state index contributed by atoms with van der Waals surface area (Å²) in [5, 5.41) is 4.39. The monoisotopic (exact) mass is 248 g/mol. The van der Waals surface area contributed by atoms with Gasteiger partial charge in [-0.1, -0.05) is 23.7 Å². The third kappa shape index (κ3) is 2.74. The second-order valence-electron chi connectivity index (χ2n) is 4.16. The highest BCUT2D eigenvalue weighted by Crippen LogP contribution is 2.17. The normalized spacial score (nSPS) is 10.8. The number of nitrogens with one attached hydrogen (secondary N) is 1. The molecule has 17 heavy (non-hydrogen) atoms. The summed E-state index contributed by atoms with van der Waals surface area (Å²) in [6.45, 7) is 3.83. The lowest BCUT2D eigenvalue weighted by Gasteiger charge is -2.08. The van der Waals surface area contributed by atoms with Gasteiger partial charge in [0.2, 0.25) is 0 Å². The molecule has 0 saturated heterocycles. The first kappa shape index (κ1) is 11.9. The standard InChI is InChI=1S/C13H13ClN2O/c1-8(2)15-13(17)11-6-4-9-3-5-10(14)7-12(9)16-11/h3-8H,1-2H3,(H,15,17). The van der Waals surface area contributed by atoms with Crippen LogP contribution in [-0.4, -0.2) is 16.9 Å². The van der Waals surface area contributed by atoms with Crippen LogP contribution in [0.5, 0.6) is 0 Å². The maximum atomic E-state index is 11.8. The van der Waals surface area contributed by atoms with Crippen molar-refractivity contribution >= 4 is 28.4 Å². The number of rotatable bonds is 2. The summed E-state index contributed by atoms with van der Waals surface area (Å²) < 4.78 is 0. The van der Waals surface area contributed by atoms with E-state index in [0.29, 0.717) is 10.7 Å². The van der Waals surface area contributed by atoms with Crippen LogP contribution in [-0.2, 0) is 0 Å². The smallest absolute Gasteiger partial charge is 0.270 e. The van der Waals surface area contributed by atoms with Crippen LogP contribution < -0.4 is 5.32 Å². The summed E-state index contributed by atoms with van der Waals surface area (Å²) in [5.74, 6) is -0.165. The van der Waals surface area contributed by atoms with E-state index in [9.17, 15) is 4.79 Å². The molecule has 1 amide bonds. The first-order valence-electron chi connectivity index (χ1n) is 5.43. The van der Waals surface area contributed by atoms with Crippen molar-refractivity contribution in [2.24, 2.45) is 0 Å². The van der Waals surface area contributed by atoms with Crippen molar-refractivity contribution in [3.8, 4) is 0 Å². The lowest BCUT2D eigenvalue weighted by molar-refractivity contribution is 0.0938. The molecule has 0 atom stereocenters. The Labute approximate surface area is 105 Å². The largest absolute Gasteiger partial charge is 0.349 e. The number of benzene rings is 1. The van der Waals surface area contributed by atoms with E-state index in [1.54, 1.807) is 18.2 Å². The minimum Gasteiger partial charge on any atom is -0.349 e. The molecule has 1 aromatic heterocycles. The summed E-state index contributed by atoms with van der Waals surface area (Å²) in [7, 11) is 0. The number of amides is 1. The quantitative estimate of drug-likeness (QED) is 0.888. The first-order chi connectivity index (χ1) is 8.06. The highest BCUT2D eigenvalue weighted by atomic mass is 35.5. The van der Waals surface area contributed by atoms with Gasteiger partial charge in [-0.2, -0.15) is 0 Å². The molecule has 88 valence electrons. The molecule has 1 N–H and O–H groups in total. The molecule has 0 aliphatic carbocycles. The molecule has 3 nitrogen and oxygen atoms in total. The van der Waals surface area contributed by atoms with Gasteiger partial charge >= 0.3 is 0 Å². The van der Waals surface area contributed by atoms with Crippen LogP contribution in [0.1, 0.15) is 24.3 Å². The second kappa shape index (κ2) is 4.72. The molecular formula is C13H13ClN2O. The number of aromatic nitrogens is 1. The predicted molar refractivity (Wildman–Crippen MR) is 69.4 cm³/mol. The summed E-state index contributed by atoms with van der Waals surface area (Å²) >= 11 is 5.89. The SMILES string of the molecule is CC(C)NC(=O)c1ccc2ccc(Cl)cc2n1. The lowest BCUT2D eigenvalue weighted by Crippen LogP contribution is -2.30. The van der Waals surface area contributed by atoms with Crippen molar-refractivity contribution < 1.29 is 4.79 Å². The molecule has 0 saturated carbocycles. The van der Waals surface area contributed by atoms with Crippen molar-refractivity contribution in [3.63, 3.8) is 0 Å². The van der Waals surface area contributed by atoms with Gasteiger partial charge in [0, 0.05) is 16.5 Å². The van der Waals surface area contributed by atoms with Gasteiger partial charge in [-0.25, -0.2) is 4.98 Å². The highest BCUT2D eigenvalue weighted by Gasteiger charge is 2.09. The Hall–Kier alpha value is -1.61. The van der Waals surface area contributed by atoms with Crippen LogP contribution >= 0.6 is 11.6 Å². The van der Waals surface area contributed by atoms with Gasteiger partial charge in [0.15, 0.2) is 0 Å². The second-order valence-corrected chi connectivity index (χ2v) is 4.60. The highest BCUT2D eigenvalue weighted by molar-refractivity contribution is 6.31. The number of fused-ring (bicyclic) bond motifs is 1. The van der Waals surface area contributed by atoms with E-state index in [1.807, 2.05) is 26.0 Å². The van der Waals surface area contributed by atoms with Gasteiger partial charge < -0.3 is 5.32 Å². The minimum atomic E-state index is -0.165. The number of carbonyl (C=O) groups is 1. The van der Waals surface area contributed by atoms with E-state index >= 15 is 0 Å². The number of hydrogen-bond donors (Lipinski definition) is 1. The Kier molecular flexibility index (Phi) is 3.29. The summed E-state index contributed by atoms with van der Waals surface area (Å²) in [4.78, 5) is 16.1. The lowest BCUT2D eigenvalue weighted by atomic mass is 10.2. The Bertz CT molecular complexity index is 566. The molecule has 0 aliphatic heterocycles. The molecule has 2 aromatic rings.